The second kappa shape index (κ2) is 4.66. The Labute approximate surface area is 110 Å². The van der Waals surface area contributed by atoms with Crippen LogP contribution in [0.1, 0.15) is 34.7 Å². The van der Waals surface area contributed by atoms with Crippen LogP contribution in [0.15, 0.2) is 18.2 Å². The SMILES string of the molecule is O=C(O)c1ccc2c(c1)C(C1CCOCC1)C(=O)N2. The molecule has 0 radical (unpaired) electrons. The molecule has 0 aromatic heterocycles. The summed E-state index contributed by atoms with van der Waals surface area (Å²) in [7, 11) is 0. The van der Waals surface area contributed by atoms with Crippen molar-refractivity contribution in [3.63, 3.8) is 0 Å². The summed E-state index contributed by atoms with van der Waals surface area (Å²) in [6, 6.07) is 4.82. The lowest BCUT2D eigenvalue weighted by molar-refractivity contribution is -0.118. The Kier molecular flexibility index (Phi) is 2.98. The lowest BCUT2D eigenvalue weighted by atomic mass is 9.82. The number of rotatable bonds is 2. The van der Waals surface area contributed by atoms with Crippen molar-refractivity contribution >= 4 is 17.6 Å². The van der Waals surface area contributed by atoms with E-state index in [1.54, 1.807) is 12.1 Å². The zero-order valence-corrected chi connectivity index (χ0v) is 10.4. The third kappa shape index (κ3) is 2.10. The number of hydrogen-bond acceptors (Lipinski definition) is 3. The highest BCUT2D eigenvalue weighted by atomic mass is 16.5. The van der Waals surface area contributed by atoms with Gasteiger partial charge in [0.05, 0.1) is 11.5 Å². The maximum absolute atomic E-state index is 12.1. The van der Waals surface area contributed by atoms with Crippen LogP contribution < -0.4 is 5.32 Å². The van der Waals surface area contributed by atoms with Crippen molar-refractivity contribution in [3.8, 4) is 0 Å². The maximum Gasteiger partial charge on any atom is 0.335 e. The first kappa shape index (κ1) is 12.2. The summed E-state index contributed by atoms with van der Waals surface area (Å²) >= 11 is 0. The Morgan fingerprint density at radius 3 is 2.74 bits per heavy atom. The predicted octanol–water partition coefficient (Wildman–Crippen LogP) is 1.85. The summed E-state index contributed by atoms with van der Waals surface area (Å²) in [4.78, 5) is 23.2. The molecule has 100 valence electrons. The number of carbonyl (C=O) groups is 2. The molecule has 2 aliphatic heterocycles. The molecule has 1 unspecified atom stereocenters. The molecule has 1 amide bonds. The zero-order chi connectivity index (χ0) is 13.4. The van der Waals surface area contributed by atoms with E-state index in [0.29, 0.717) is 13.2 Å². The van der Waals surface area contributed by atoms with Gasteiger partial charge in [-0.3, -0.25) is 4.79 Å². The fourth-order valence-electron chi connectivity index (χ4n) is 2.94. The third-order valence-electron chi connectivity index (χ3n) is 3.91. The number of carbonyl (C=O) groups excluding carboxylic acids is 1. The number of fused-ring (bicyclic) bond motifs is 1. The van der Waals surface area contributed by atoms with E-state index < -0.39 is 5.97 Å². The van der Waals surface area contributed by atoms with Crippen molar-refractivity contribution < 1.29 is 19.4 Å². The topological polar surface area (TPSA) is 75.6 Å². The zero-order valence-electron chi connectivity index (χ0n) is 10.4. The Morgan fingerprint density at radius 2 is 2.05 bits per heavy atom. The van der Waals surface area contributed by atoms with Crippen LogP contribution >= 0.6 is 0 Å². The molecule has 1 aromatic carbocycles. The average Bonchev–Trinajstić information content (AvgIpc) is 2.74. The largest absolute Gasteiger partial charge is 0.478 e. The standard InChI is InChI=1S/C14H15NO4/c16-13-12(8-3-5-19-6-4-8)10-7-9(14(17)18)1-2-11(10)15-13/h1-2,7-8,12H,3-6H2,(H,15,16)(H,17,18). The van der Waals surface area contributed by atoms with Crippen molar-refractivity contribution in [1.29, 1.82) is 0 Å². The highest BCUT2D eigenvalue weighted by Crippen LogP contribution is 2.41. The average molecular weight is 261 g/mol. The van der Waals surface area contributed by atoms with Gasteiger partial charge in [-0.15, -0.1) is 0 Å². The van der Waals surface area contributed by atoms with Gasteiger partial charge in [-0.1, -0.05) is 0 Å². The molecule has 1 aromatic rings. The fraction of sp³-hybridized carbons (Fsp3) is 0.429. The van der Waals surface area contributed by atoms with Gasteiger partial charge in [0.15, 0.2) is 0 Å². The minimum Gasteiger partial charge on any atom is -0.478 e. The van der Waals surface area contributed by atoms with E-state index in [4.69, 9.17) is 9.84 Å². The summed E-state index contributed by atoms with van der Waals surface area (Å²) in [6.45, 7) is 1.34. The van der Waals surface area contributed by atoms with Gasteiger partial charge in [-0.05, 0) is 42.5 Å². The second-order valence-electron chi connectivity index (χ2n) is 5.02. The van der Waals surface area contributed by atoms with Gasteiger partial charge in [0, 0.05) is 18.9 Å². The molecular formula is C14H15NO4. The van der Waals surface area contributed by atoms with Crippen molar-refractivity contribution in [2.24, 2.45) is 5.92 Å². The highest BCUT2D eigenvalue weighted by molar-refractivity contribution is 6.04. The van der Waals surface area contributed by atoms with Gasteiger partial charge in [-0.2, -0.15) is 0 Å². The maximum atomic E-state index is 12.1. The quantitative estimate of drug-likeness (QED) is 0.851. The molecule has 1 atom stereocenters. The molecule has 2 aliphatic rings. The lowest BCUT2D eigenvalue weighted by Crippen LogP contribution is -2.26. The van der Waals surface area contributed by atoms with E-state index in [2.05, 4.69) is 5.32 Å². The number of hydrogen-bond donors (Lipinski definition) is 2. The van der Waals surface area contributed by atoms with Crippen LogP contribution in [0.2, 0.25) is 0 Å². The van der Waals surface area contributed by atoms with E-state index in [1.807, 2.05) is 0 Å². The van der Waals surface area contributed by atoms with Crippen LogP contribution in [0.25, 0.3) is 0 Å². The Morgan fingerprint density at radius 1 is 1.32 bits per heavy atom. The normalized spacial score (nSPS) is 22.9. The number of nitrogens with one attached hydrogen (secondary N) is 1. The van der Waals surface area contributed by atoms with Crippen LogP contribution in [-0.4, -0.2) is 30.2 Å². The van der Waals surface area contributed by atoms with E-state index in [1.165, 1.54) is 6.07 Å². The molecule has 1 saturated heterocycles. The van der Waals surface area contributed by atoms with Gasteiger partial charge in [0.2, 0.25) is 5.91 Å². The van der Waals surface area contributed by atoms with Gasteiger partial charge in [0.25, 0.3) is 0 Å². The molecular weight excluding hydrogens is 246 g/mol. The van der Waals surface area contributed by atoms with Crippen LogP contribution in [-0.2, 0) is 9.53 Å². The van der Waals surface area contributed by atoms with Crippen molar-refractivity contribution in [1.82, 2.24) is 0 Å². The van der Waals surface area contributed by atoms with E-state index in [-0.39, 0.29) is 23.3 Å². The molecule has 19 heavy (non-hydrogen) atoms. The number of benzene rings is 1. The second-order valence-corrected chi connectivity index (χ2v) is 5.02. The molecule has 0 bridgehead atoms. The van der Waals surface area contributed by atoms with Crippen molar-refractivity contribution in [2.75, 3.05) is 18.5 Å². The summed E-state index contributed by atoms with van der Waals surface area (Å²) in [6.07, 6.45) is 1.68. The van der Waals surface area contributed by atoms with E-state index >= 15 is 0 Å². The predicted molar refractivity (Wildman–Crippen MR) is 68.3 cm³/mol. The fourth-order valence-corrected chi connectivity index (χ4v) is 2.94. The van der Waals surface area contributed by atoms with Crippen LogP contribution in [0.3, 0.4) is 0 Å². The Bertz CT molecular complexity index is 534. The number of aromatic carboxylic acids is 1. The molecule has 5 heteroatoms. The van der Waals surface area contributed by atoms with Gasteiger partial charge in [0.1, 0.15) is 0 Å². The number of amides is 1. The minimum atomic E-state index is -0.965. The van der Waals surface area contributed by atoms with Gasteiger partial charge >= 0.3 is 5.97 Å². The molecule has 0 aliphatic carbocycles. The van der Waals surface area contributed by atoms with Crippen molar-refractivity contribution in [2.45, 2.75) is 18.8 Å². The highest BCUT2D eigenvalue weighted by Gasteiger charge is 2.37. The summed E-state index contributed by atoms with van der Waals surface area (Å²) in [5, 5.41) is 11.9. The number of anilines is 1. The molecule has 3 rings (SSSR count). The molecule has 2 heterocycles. The van der Waals surface area contributed by atoms with Crippen LogP contribution in [0.4, 0.5) is 5.69 Å². The number of ether oxygens (including phenoxy) is 1. The first-order valence-corrected chi connectivity index (χ1v) is 6.42. The monoisotopic (exact) mass is 261 g/mol. The summed E-state index contributed by atoms with van der Waals surface area (Å²) in [5.74, 6) is -0.991. The number of carboxylic acids is 1. The molecule has 0 saturated carbocycles. The van der Waals surface area contributed by atoms with Gasteiger partial charge in [-0.25, -0.2) is 4.79 Å². The van der Waals surface area contributed by atoms with Crippen LogP contribution in [0, 0.1) is 5.92 Å². The first-order chi connectivity index (χ1) is 9.16. The smallest absolute Gasteiger partial charge is 0.335 e. The van der Waals surface area contributed by atoms with Gasteiger partial charge < -0.3 is 15.2 Å². The van der Waals surface area contributed by atoms with Crippen LogP contribution in [0.5, 0.6) is 0 Å². The number of carboxylic acid groups (broad SMARTS) is 1. The summed E-state index contributed by atoms with van der Waals surface area (Å²) in [5.41, 5.74) is 1.79. The summed E-state index contributed by atoms with van der Waals surface area (Å²) < 4.78 is 5.32. The van der Waals surface area contributed by atoms with E-state index in [0.717, 1.165) is 24.1 Å². The molecule has 1 fully saturated rings. The third-order valence-corrected chi connectivity index (χ3v) is 3.91. The first-order valence-electron chi connectivity index (χ1n) is 6.42. The lowest BCUT2D eigenvalue weighted by Gasteiger charge is -2.26. The van der Waals surface area contributed by atoms with E-state index in [9.17, 15) is 9.59 Å². The Hall–Kier alpha value is -1.88. The minimum absolute atomic E-state index is 0.0237. The molecule has 0 spiro atoms. The molecule has 5 nitrogen and oxygen atoms in total. The molecule has 2 N–H and O–H groups in total. The van der Waals surface area contributed by atoms with Crippen molar-refractivity contribution in [3.05, 3.63) is 29.3 Å². The Balaban J connectivity index is 1.96.